The molecule has 0 radical (unpaired) electrons. The third-order valence-electron chi connectivity index (χ3n) is 5.96. The average Bonchev–Trinajstić information content (AvgIpc) is 2.89. The molecule has 5 nitrogen and oxygen atoms in total. The van der Waals surface area contributed by atoms with E-state index in [1.54, 1.807) is 54.2 Å². The van der Waals surface area contributed by atoms with Crippen molar-refractivity contribution in [2.45, 2.75) is 37.6 Å². The van der Waals surface area contributed by atoms with Crippen molar-refractivity contribution in [1.82, 2.24) is 4.90 Å². The van der Waals surface area contributed by atoms with Gasteiger partial charge in [0, 0.05) is 11.8 Å². The Morgan fingerprint density at radius 1 is 0.943 bits per heavy atom. The number of nitrogens with zero attached hydrogens (tertiary/aromatic N) is 1. The quantitative estimate of drug-likeness (QED) is 0.433. The number of likely N-dealkylation sites (tertiary alicyclic amines) is 1. The fourth-order valence-corrected chi connectivity index (χ4v) is 4.63. The van der Waals surface area contributed by atoms with Gasteiger partial charge in [-0.1, -0.05) is 43.3 Å². The molecule has 3 aromatic rings. The Morgan fingerprint density at radius 3 is 2.23 bits per heavy atom. The fraction of sp³-hybridized carbons (Fsp3) is 0.379. The van der Waals surface area contributed by atoms with Gasteiger partial charge in [-0.05, 0) is 81.2 Å². The number of thioether (sulfide) groups is 1. The van der Waals surface area contributed by atoms with Gasteiger partial charge in [-0.25, -0.2) is 0 Å². The maximum atomic E-state index is 9.12. The monoisotopic (exact) mass is 495 g/mol. The maximum absolute atomic E-state index is 9.12. The van der Waals surface area contributed by atoms with E-state index in [0.29, 0.717) is 17.5 Å². The Morgan fingerprint density at radius 2 is 1.60 bits per heavy atom. The summed E-state index contributed by atoms with van der Waals surface area (Å²) in [6.07, 6.45) is 2.66. The number of hydrogen-bond donors (Lipinski definition) is 2. The average molecular weight is 496 g/mol. The highest BCUT2D eigenvalue weighted by molar-refractivity contribution is 7.99. The Bertz CT molecular complexity index is 978. The first-order valence-corrected chi connectivity index (χ1v) is 13.2. The number of para-hydroxylation sites is 2. The molecule has 2 heterocycles. The first-order valence-electron chi connectivity index (χ1n) is 12.3. The summed E-state index contributed by atoms with van der Waals surface area (Å²) in [5.74, 6) is 4.36. The highest BCUT2D eigenvalue weighted by atomic mass is 32.2. The first-order chi connectivity index (χ1) is 17.0. The molecule has 0 spiro atoms. The van der Waals surface area contributed by atoms with Crippen molar-refractivity contribution in [3.8, 4) is 23.0 Å². The van der Waals surface area contributed by atoms with Gasteiger partial charge in [0.25, 0.3) is 0 Å². The zero-order chi connectivity index (χ0) is 24.9. The Kier molecular flexibility index (Phi) is 11.1. The van der Waals surface area contributed by atoms with Crippen LogP contribution in [-0.4, -0.2) is 53.2 Å². The van der Waals surface area contributed by atoms with Crippen LogP contribution >= 0.6 is 11.8 Å². The molecule has 35 heavy (non-hydrogen) atoms. The zero-order valence-electron chi connectivity index (χ0n) is 20.7. The van der Waals surface area contributed by atoms with Crippen LogP contribution in [0.25, 0.3) is 0 Å². The lowest BCUT2D eigenvalue weighted by Gasteiger charge is -2.34. The molecule has 5 rings (SSSR count). The van der Waals surface area contributed by atoms with Crippen LogP contribution in [0.5, 0.6) is 23.0 Å². The van der Waals surface area contributed by atoms with Crippen LogP contribution in [0.3, 0.4) is 0 Å². The van der Waals surface area contributed by atoms with E-state index in [9.17, 15) is 0 Å². The molecule has 1 fully saturated rings. The van der Waals surface area contributed by atoms with Crippen LogP contribution in [0.2, 0.25) is 0 Å². The number of piperidine rings is 1. The van der Waals surface area contributed by atoms with Gasteiger partial charge >= 0.3 is 0 Å². The van der Waals surface area contributed by atoms with Crippen molar-refractivity contribution in [3.63, 3.8) is 0 Å². The van der Waals surface area contributed by atoms with Gasteiger partial charge in [-0.2, -0.15) is 0 Å². The van der Waals surface area contributed by atoms with E-state index in [4.69, 9.17) is 19.7 Å². The molecule has 188 valence electrons. The van der Waals surface area contributed by atoms with E-state index in [1.807, 2.05) is 36.4 Å². The SMILES string of the molecule is CC1CCN([C@@H](C)COc2ccccc2)CC1.Oc1ccc2c(c1)SCCO2.Oc1ccccc1. The molecule has 3 aromatic carbocycles. The molecule has 2 N–H and O–H groups in total. The molecule has 1 saturated heterocycles. The molecular weight excluding hydrogens is 458 g/mol. The van der Waals surface area contributed by atoms with Gasteiger partial charge in [0.2, 0.25) is 0 Å². The number of benzene rings is 3. The van der Waals surface area contributed by atoms with E-state index >= 15 is 0 Å². The third kappa shape index (κ3) is 9.74. The van der Waals surface area contributed by atoms with Gasteiger partial charge in [0.05, 0.1) is 11.5 Å². The van der Waals surface area contributed by atoms with E-state index in [1.165, 1.54) is 25.9 Å². The highest BCUT2D eigenvalue weighted by Crippen LogP contribution is 2.35. The molecule has 0 amide bonds. The number of ether oxygens (including phenoxy) is 2. The number of hydrogen-bond acceptors (Lipinski definition) is 6. The van der Waals surface area contributed by atoms with Crippen molar-refractivity contribution in [3.05, 3.63) is 78.9 Å². The Hall–Kier alpha value is -2.83. The molecular formula is C29H37NO4S. The number of rotatable bonds is 4. The molecule has 2 aliphatic heterocycles. The summed E-state index contributed by atoms with van der Waals surface area (Å²) < 4.78 is 11.2. The lowest BCUT2D eigenvalue weighted by molar-refractivity contribution is 0.108. The second-order valence-electron chi connectivity index (χ2n) is 8.86. The van der Waals surface area contributed by atoms with Crippen LogP contribution in [0.4, 0.5) is 0 Å². The third-order valence-corrected chi connectivity index (χ3v) is 6.96. The molecule has 0 aromatic heterocycles. The minimum Gasteiger partial charge on any atom is -0.508 e. The molecule has 0 aliphatic carbocycles. The summed E-state index contributed by atoms with van der Waals surface area (Å²) >= 11 is 1.72. The summed E-state index contributed by atoms with van der Waals surface area (Å²) in [6, 6.07) is 24.5. The van der Waals surface area contributed by atoms with Crippen molar-refractivity contribution in [2.75, 3.05) is 32.1 Å². The Labute approximate surface area is 213 Å². The van der Waals surface area contributed by atoms with Crippen molar-refractivity contribution in [2.24, 2.45) is 5.92 Å². The smallest absolute Gasteiger partial charge is 0.133 e. The lowest BCUT2D eigenvalue weighted by atomic mass is 9.98. The zero-order valence-corrected chi connectivity index (χ0v) is 21.5. The lowest BCUT2D eigenvalue weighted by Crippen LogP contribution is -2.42. The molecule has 0 bridgehead atoms. The van der Waals surface area contributed by atoms with Gasteiger partial charge < -0.3 is 19.7 Å². The topological polar surface area (TPSA) is 62.2 Å². The van der Waals surface area contributed by atoms with E-state index in [0.717, 1.165) is 41.3 Å². The maximum Gasteiger partial charge on any atom is 0.133 e. The van der Waals surface area contributed by atoms with Crippen LogP contribution < -0.4 is 9.47 Å². The van der Waals surface area contributed by atoms with Crippen molar-refractivity contribution >= 4 is 11.8 Å². The second kappa shape index (κ2) is 14.5. The minimum atomic E-state index is 0.307. The van der Waals surface area contributed by atoms with E-state index in [-0.39, 0.29) is 0 Å². The predicted octanol–water partition coefficient (Wildman–Crippen LogP) is 6.45. The fourth-order valence-electron chi connectivity index (χ4n) is 3.77. The molecule has 1 atom stereocenters. The normalized spacial score (nSPS) is 16.3. The van der Waals surface area contributed by atoms with Crippen LogP contribution in [0, 0.1) is 5.92 Å². The van der Waals surface area contributed by atoms with Gasteiger partial charge in [0.15, 0.2) is 0 Å². The largest absolute Gasteiger partial charge is 0.508 e. The van der Waals surface area contributed by atoms with Gasteiger partial charge in [0.1, 0.15) is 29.6 Å². The summed E-state index contributed by atoms with van der Waals surface area (Å²) in [4.78, 5) is 3.58. The van der Waals surface area contributed by atoms with Crippen molar-refractivity contribution in [1.29, 1.82) is 0 Å². The molecule has 0 saturated carbocycles. The second-order valence-corrected chi connectivity index (χ2v) is 9.99. The van der Waals surface area contributed by atoms with E-state index < -0.39 is 0 Å². The summed E-state index contributed by atoms with van der Waals surface area (Å²) in [5, 5.41) is 17.8. The minimum absolute atomic E-state index is 0.307. The van der Waals surface area contributed by atoms with Crippen LogP contribution in [0.1, 0.15) is 26.7 Å². The molecule has 0 unspecified atom stereocenters. The summed E-state index contributed by atoms with van der Waals surface area (Å²) in [6.45, 7) is 8.61. The number of phenols is 2. The Balaban J connectivity index is 0.000000162. The van der Waals surface area contributed by atoms with E-state index in [2.05, 4.69) is 18.7 Å². The van der Waals surface area contributed by atoms with Crippen LogP contribution in [0.15, 0.2) is 83.8 Å². The predicted molar refractivity (Wildman–Crippen MR) is 144 cm³/mol. The number of phenolic OH excluding ortho intramolecular Hbond substituents is 2. The molecule has 6 heteroatoms. The standard InChI is InChI=1S/C15H23NO.C8H8O2S.C6H6O/c1-13-8-10-16(11-9-13)14(2)12-17-15-6-4-3-5-7-15;9-6-1-2-7-8(5-6)11-4-3-10-7;7-6-4-2-1-3-5-6/h3-7,13-14H,8-12H2,1-2H3;1-2,5,9H,3-4H2;1-5,7H/t14-;;/m0../s1. The number of aromatic hydroxyl groups is 2. The highest BCUT2D eigenvalue weighted by Gasteiger charge is 2.20. The van der Waals surface area contributed by atoms with Gasteiger partial charge in [-0.3, -0.25) is 4.90 Å². The van der Waals surface area contributed by atoms with Crippen LogP contribution in [-0.2, 0) is 0 Å². The summed E-state index contributed by atoms with van der Waals surface area (Å²) in [5.41, 5.74) is 0. The number of fused-ring (bicyclic) bond motifs is 1. The van der Waals surface area contributed by atoms with Crippen molar-refractivity contribution < 1.29 is 19.7 Å². The van der Waals surface area contributed by atoms with Gasteiger partial charge in [-0.15, -0.1) is 11.8 Å². The first kappa shape index (κ1) is 26.8. The summed E-state index contributed by atoms with van der Waals surface area (Å²) in [7, 11) is 0. The molecule has 2 aliphatic rings.